The smallest absolute Gasteiger partial charge is 0.177 e. The van der Waals surface area contributed by atoms with Gasteiger partial charge in [0, 0.05) is 6.07 Å². The van der Waals surface area contributed by atoms with Crippen LogP contribution in [-0.4, -0.2) is 0 Å². The van der Waals surface area contributed by atoms with Crippen molar-refractivity contribution in [2.75, 3.05) is 0 Å². The molecule has 1 radical (unpaired) electrons. The Kier molecular flexibility index (Phi) is 3.65. The molecule has 2 heteroatoms. The molecular formula is C18H13O2. The SMILES string of the molecule is [c]1cccc(Oc2ccccc2)c1Oc1ccccc1. The summed E-state index contributed by atoms with van der Waals surface area (Å²) in [7, 11) is 0. The van der Waals surface area contributed by atoms with Gasteiger partial charge in [0.1, 0.15) is 11.5 Å². The zero-order valence-electron chi connectivity index (χ0n) is 10.8. The Hall–Kier alpha value is -2.74. The van der Waals surface area contributed by atoms with Gasteiger partial charge >= 0.3 is 0 Å². The first-order chi connectivity index (χ1) is 9.92. The van der Waals surface area contributed by atoms with Crippen molar-refractivity contribution in [3.05, 3.63) is 84.9 Å². The van der Waals surface area contributed by atoms with Gasteiger partial charge in [-0.3, -0.25) is 0 Å². The van der Waals surface area contributed by atoms with Gasteiger partial charge in [0.15, 0.2) is 11.5 Å². The highest BCUT2D eigenvalue weighted by molar-refractivity contribution is 5.44. The number of para-hydroxylation sites is 3. The Bertz CT molecular complexity index is 603. The molecule has 0 saturated carbocycles. The van der Waals surface area contributed by atoms with E-state index in [0.717, 1.165) is 11.5 Å². The van der Waals surface area contributed by atoms with Crippen molar-refractivity contribution in [3.8, 4) is 23.0 Å². The maximum atomic E-state index is 5.83. The number of benzene rings is 3. The van der Waals surface area contributed by atoms with Crippen molar-refractivity contribution in [2.45, 2.75) is 0 Å². The first-order valence-corrected chi connectivity index (χ1v) is 6.38. The summed E-state index contributed by atoms with van der Waals surface area (Å²) in [5.41, 5.74) is 0. The zero-order valence-corrected chi connectivity index (χ0v) is 10.8. The minimum Gasteiger partial charge on any atom is -0.453 e. The zero-order chi connectivity index (χ0) is 13.6. The van der Waals surface area contributed by atoms with Crippen molar-refractivity contribution in [1.82, 2.24) is 0 Å². The molecule has 0 amide bonds. The lowest BCUT2D eigenvalue weighted by Gasteiger charge is -2.11. The minimum absolute atomic E-state index is 0.572. The Morgan fingerprint density at radius 2 is 1.20 bits per heavy atom. The first kappa shape index (κ1) is 12.3. The fourth-order valence-electron chi connectivity index (χ4n) is 1.79. The Morgan fingerprint density at radius 1 is 0.600 bits per heavy atom. The van der Waals surface area contributed by atoms with E-state index >= 15 is 0 Å². The van der Waals surface area contributed by atoms with Gasteiger partial charge < -0.3 is 9.47 Å². The third-order valence-corrected chi connectivity index (χ3v) is 2.72. The second-order valence-corrected chi connectivity index (χ2v) is 4.19. The molecule has 97 valence electrons. The van der Waals surface area contributed by atoms with E-state index in [-0.39, 0.29) is 0 Å². The van der Waals surface area contributed by atoms with Crippen LogP contribution in [0.25, 0.3) is 0 Å². The number of ether oxygens (including phenoxy) is 2. The van der Waals surface area contributed by atoms with Crippen LogP contribution in [0.5, 0.6) is 23.0 Å². The van der Waals surface area contributed by atoms with E-state index in [2.05, 4.69) is 6.07 Å². The predicted octanol–water partition coefficient (Wildman–Crippen LogP) is 5.07. The van der Waals surface area contributed by atoms with E-state index in [4.69, 9.17) is 9.47 Å². The van der Waals surface area contributed by atoms with Gasteiger partial charge in [-0.05, 0) is 30.3 Å². The summed E-state index contributed by atoms with van der Waals surface area (Å²) in [6, 6.07) is 27.8. The van der Waals surface area contributed by atoms with Crippen LogP contribution in [0.1, 0.15) is 0 Å². The van der Waals surface area contributed by atoms with E-state index in [1.807, 2.05) is 72.8 Å². The number of rotatable bonds is 4. The lowest BCUT2D eigenvalue weighted by molar-refractivity contribution is 0.418. The van der Waals surface area contributed by atoms with Crippen LogP contribution in [0.2, 0.25) is 0 Å². The molecule has 0 aliphatic heterocycles. The highest BCUT2D eigenvalue weighted by Gasteiger charge is 2.06. The van der Waals surface area contributed by atoms with E-state index in [1.54, 1.807) is 6.07 Å². The van der Waals surface area contributed by atoms with Crippen LogP contribution in [0.4, 0.5) is 0 Å². The minimum atomic E-state index is 0.572. The second-order valence-electron chi connectivity index (χ2n) is 4.19. The van der Waals surface area contributed by atoms with Crippen LogP contribution in [-0.2, 0) is 0 Å². The van der Waals surface area contributed by atoms with Gasteiger partial charge in [0.05, 0.1) is 0 Å². The molecule has 0 fully saturated rings. The van der Waals surface area contributed by atoms with Crippen LogP contribution in [0.3, 0.4) is 0 Å². The van der Waals surface area contributed by atoms with Gasteiger partial charge in [0.25, 0.3) is 0 Å². The fourth-order valence-corrected chi connectivity index (χ4v) is 1.79. The topological polar surface area (TPSA) is 18.5 Å². The van der Waals surface area contributed by atoms with Crippen molar-refractivity contribution in [2.24, 2.45) is 0 Å². The average molecular weight is 261 g/mol. The Morgan fingerprint density at radius 3 is 1.85 bits per heavy atom. The van der Waals surface area contributed by atoms with E-state index in [0.29, 0.717) is 11.5 Å². The highest BCUT2D eigenvalue weighted by Crippen LogP contribution is 2.33. The molecule has 0 aliphatic carbocycles. The molecule has 3 aromatic rings. The number of hydrogen-bond acceptors (Lipinski definition) is 2. The largest absolute Gasteiger partial charge is 0.453 e. The van der Waals surface area contributed by atoms with Crippen LogP contribution in [0.15, 0.2) is 78.9 Å². The van der Waals surface area contributed by atoms with Gasteiger partial charge in [-0.2, -0.15) is 0 Å². The standard InChI is InChI=1S/C18H13O2/c1-3-9-15(10-4-1)19-17-13-7-8-14-18(17)20-16-11-5-2-6-12-16/h1-13H. The van der Waals surface area contributed by atoms with Gasteiger partial charge in [0.2, 0.25) is 0 Å². The maximum absolute atomic E-state index is 5.83. The van der Waals surface area contributed by atoms with E-state index in [9.17, 15) is 0 Å². The predicted molar refractivity (Wildman–Crippen MR) is 78.3 cm³/mol. The van der Waals surface area contributed by atoms with Gasteiger partial charge in [-0.1, -0.05) is 48.5 Å². The molecule has 0 N–H and O–H groups in total. The Labute approximate surface area is 118 Å². The van der Waals surface area contributed by atoms with Crippen molar-refractivity contribution < 1.29 is 9.47 Å². The number of hydrogen-bond donors (Lipinski definition) is 0. The maximum Gasteiger partial charge on any atom is 0.177 e. The fraction of sp³-hybridized carbons (Fsp3) is 0. The monoisotopic (exact) mass is 261 g/mol. The highest BCUT2D eigenvalue weighted by atomic mass is 16.5. The van der Waals surface area contributed by atoms with E-state index in [1.165, 1.54) is 0 Å². The molecule has 0 heterocycles. The lowest BCUT2D eigenvalue weighted by Crippen LogP contribution is -1.90. The molecule has 2 nitrogen and oxygen atoms in total. The molecule has 0 saturated heterocycles. The van der Waals surface area contributed by atoms with Crippen molar-refractivity contribution >= 4 is 0 Å². The summed E-state index contributed by atoms with van der Waals surface area (Å²) in [5, 5.41) is 0. The molecular weight excluding hydrogens is 248 g/mol. The first-order valence-electron chi connectivity index (χ1n) is 6.38. The molecule has 0 bridgehead atoms. The molecule has 20 heavy (non-hydrogen) atoms. The lowest BCUT2D eigenvalue weighted by atomic mass is 10.3. The summed E-state index contributed by atoms with van der Waals surface area (Å²) in [5.74, 6) is 2.74. The molecule has 0 atom stereocenters. The molecule has 0 aliphatic rings. The molecule has 3 rings (SSSR count). The molecule has 0 spiro atoms. The van der Waals surface area contributed by atoms with Crippen molar-refractivity contribution in [1.29, 1.82) is 0 Å². The molecule has 0 unspecified atom stereocenters. The average Bonchev–Trinajstić information content (AvgIpc) is 2.51. The van der Waals surface area contributed by atoms with E-state index < -0.39 is 0 Å². The second kappa shape index (κ2) is 5.93. The van der Waals surface area contributed by atoms with Crippen LogP contribution >= 0.6 is 0 Å². The summed E-state index contributed by atoms with van der Waals surface area (Å²) in [4.78, 5) is 0. The summed E-state index contributed by atoms with van der Waals surface area (Å²) in [6.07, 6.45) is 0. The molecule has 3 aromatic carbocycles. The van der Waals surface area contributed by atoms with Crippen molar-refractivity contribution in [3.63, 3.8) is 0 Å². The Balaban J connectivity index is 1.85. The summed E-state index contributed by atoms with van der Waals surface area (Å²) >= 11 is 0. The van der Waals surface area contributed by atoms with Crippen LogP contribution in [0, 0.1) is 6.07 Å². The quantitative estimate of drug-likeness (QED) is 0.652. The summed E-state index contributed by atoms with van der Waals surface area (Å²) in [6.45, 7) is 0. The third kappa shape index (κ3) is 2.98. The summed E-state index contributed by atoms with van der Waals surface area (Å²) < 4.78 is 11.6. The third-order valence-electron chi connectivity index (χ3n) is 2.72. The van der Waals surface area contributed by atoms with Gasteiger partial charge in [-0.15, -0.1) is 0 Å². The van der Waals surface area contributed by atoms with Gasteiger partial charge in [-0.25, -0.2) is 0 Å². The van der Waals surface area contributed by atoms with Crippen LogP contribution < -0.4 is 9.47 Å². The normalized spacial score (nSPS) is 10.0. The molecule has 0 aromatic heterocycles.